The van der Waals surface area contributed by atoms with E-state index in [1.807, 2.05) is 6.92 Å². The molecule has 0 amide bonds. The van der Waals surface area contributed by atoms with Crippen molar-refractivity contribution in [2.45, 2.75) is 26.5 Å². The van der Waals surface area contributed by atoms with Crippen LogP contribution in [0.3, 0.4) is 0 Å². The highest BCUT2D eigenvalue weighted by Gasteiger charge is 2.33. The van der Waals surface area contributed by atoms with Crippen LogP contribution in [0.1, 0.15) is 20.3 Å². The van der Waals surface area contributed by atoms with Gasteiger partial charge in [0.15, 0.2) is 5.82 Å². The average Bonchev–Trinajstić information content (AvgIpc) is 2.01. The number of nitro groups is 1. The van der Waals surface area contributed by atoms with E-state index in [0.29, 0.717) is 13.0 Å². The molecule has 14 heavy (non-hydrogen) atoms. The van der Waals surface area contributed by atoms with Crippen LogP contribution in [0.15, 0.2) is 11.5 Å². The molecule has 0 radical (unpaired) electrons. The van der Waals surface area contributed by atoms with Crippen LogP contribution >= 0.6 is 0 Å². The van der Waals surface area contributed by atoms with E-state index in [1.54, 1.807) is 6.92 Å². The zero-order chi connectivity index (χ0) is 10.7. The standard InChI is InChI=1S/C8H15N3O3/c1-3-14-6-4-5(2)7(11(12)13)8(9)10-6/h5-6,10H,3-4,9H2,1-2H3/t5-,6+/m1/s1. The first-order chi connectivity index (χ1) is 6.56. The zero-order valence-corrected chi connectivity index (χ0v) is 8.32. The monoisotopic (exact) mass is 201 g/mol. The number of nitrogens with zero attached hydrogens (tertiary/aromatic N) is 1. The first kappa shape index (κ1) is 10.8. The lowest BCUT2D eigenvalue weighted by molar-refractivity contribution is -0.437. The molecule has 6 nitrogen and oxygen atoms in total. The smallest absolute Gasteiger partial charge is 0.288 e. The molecule has 0 fully saturated rings. The van der Waals surface area contributed by atoms with Gasteiger partial charge in [-0.25, -0.2) is 0 Å². The zero-order valence-electron chi connectivity index (χ0n) is 8.32. The second-order valence-corrected chi connectivity index (χ2v) is 3.28. The normalized spacial score (nSPS) is 27.3. The van der Waals surface area contributed by atoms with Crippen LogP contribution in [0.5, 0.6) is 0 Å². The predicted octanol–water partition coefficient (Wildman–Crippen LogP) is 0.383. The summed E-state index contributed by atoms with van der Waals surface area (Å²) in [6.07, 6.45) is 0.365. The molecule has 1 heterocycles. The van der Waals surface area contributed by atoms with Gasteiger partial charge in [0.05, 0.1) is 10.8 Å². The van der Waals surface area contributed by atoms with E-state index in [2.05, 4.69) is 5.32 Å². The summed E-state index contributed by atoms with van der Waals surface area (Å²) in [7, 11) is 0. The summed E-state index contributed by atoms with van der Waals surface area (Å²) in [4.78, 5) is 10.2. The van der Waals surface area contributed by atoms with Gasteiger partial charge in [0, 0.05) is 13.0 Å². The molecule has 3 N–H and O–H groups in total. The third-order valence-corrected chi connectivity index (χ3v) is 2.19. The molecule has 1 aliphatic rings. The van der Waals surface area contributed by atoms with Crippen molar-refractivity contribution in [1.82, 2.24) is 5.32 Å². The highest BCUT2D eigenvalue weighted by atomic mass is 16.6. The quantitative estimate of drug-likeness (QED) is 0.509. The summed E-state index contributed by atoms with van der Waals surface area (Å²) >= 11 is 0. The van der Waals surface area contributed by atoms with Crippen molar-refractivity contribution in [3.05, 3.63) is 21.6 Å². The van der Waals surface area contributed by atoms with Crippen LogP contribution < -0.4 is 11.1 Å². The minimum Gasteiger partial charge on any atom is -0.380 e. The topological polar surface area (TPSA) is 90.4 Å². The summed E-state index contributed by atoms with van der Waals surface area (Å²) in [6, 6.07) is 0. The Hall–Kier alpha value is -1.30. The molecule has 80 valence electrons. The maximum absolute atomic E-state index is 10.6. The molecule has 2 atom stereocenters. The van der Waals surface area contributed by atoms with Crippen molar-refractivity contribution >= 4 is 0 Å². The summed E-state index contributed by atoms with van der Waals surface area (Å²) < 4.78 is 5.30. The van der Waals surface area contributed by atoms with Gasteiger partial charge in [-0.2, -0.15) is 0 Å². The Kier molecular flexibility index (Phi) is 3.29. The lowest BCUT2D eigenvalue weighted by Crippen LogP contribution is -2.42. The van der Waals surface area contributed by atoms with Crippen LogP contribution in [0.25, 0.3) is 0 Å². The Labute approximate surface area is 82.3 Å². The largest absolute Gasteiger partial charge is 0.380 e. The highest BCUT2D eigenvalue weighted by molar-refractivity contribution is 5.09. The van der Waals surface area contributed by atoms with E-state index < -0.39 is 4.92 Å². The van der Waals surface area contributed by atoms with Crippen molar-refractivity contribution in [1.29, 1.82) is 0 Å². The van der Waals surface area contributed by atoms with Gasteiger partial charge in [-0.1, -0.05) is 6.92 Å². The van der Waals surface area contributed by atoms with Gasteiger partial charge in [-0.3, -0.25) is 10.1 Å². The molecule has 1 aliphatic heterocycles. The number of allylic oxidation sites excluding steroid dienone is 1. The fourth-order valence-electron chi connectivity index (χ4n) is 1.59. The van der Waals surface area contributed by atoms with Crippen molar-refractivity contribution in [2.24, 2.45) is 11.7 Å². The molecule has 1 rings (SSSR count). The molecular weight excluding hydrogens is 186 g/mol. The molecule has 0 saturated carbocycles. The molecule has 0 spiro atoms. The Morgan fingerprint density at radius 2 is 2.43 bits per heavy atom. The summed E-state index contributed by atoms with van der Waals surface area (Å²) in [5, 5.41) is 13.4. The van der Waals surface area contributed by atoms with Gasteiger partial charge in [-0.15, -0.1) is 0 Å². The van der Waals surface area contributed by atoms with Crippen molar-refractivity contribution in [3.63, 3.8) is 0 Å². The van der Waals surface area contributed by atoms with Crippen molar-refractivity contribution in [3.8, 4) is 0 Å². The van der Waals surface area contributed by atoms with Crippen LogP contribution in [0, 0.1) is 16.0 Å². The first-order valence-corrected chi connectivity index (χ1v) is 4.58. The Morgan fingerprint density at radius 1 is 1.79 bits per heavy atom. The van der Waals surface area contributed by atoms with Crippen LogP contribution in [-0.2, 0) is 4.74 Å². The Morgan fingerprint density at radius 3 is 2.86 bits per heavy atom. The predicted molar refractivity (Wildman–Crippen MR) is 50.5 cm³/mol. The molecular formula is C8H15N3O3. The van der Waals surface area contributed by atoms with E-state index in [0.717, 1.165) is 0 Å². The van der Waals surface area contributed by atoms with Crippen molar-refractivity contribution < 1.29 is 9.66 Å². The van der Waals surface area contributed by atoms with Crippen LogP contribution in [-0.4, -0.2) is 17.8 Å². The average molecular weight is 201 g/mol. The maximum atomic E-state index is 10.6. The fourth-order valence-corrected chi connectivity index (χ4v) is 1.59. The van der Waals surface area contributed by atoms with Gasteiger partial charge < -0.3 is 15.8 Å². The van der Waals surface area contributed by atoms with E-state index in [4.69, 9.17) is 10.5 Å². The minimum absolute atomic E-state index is 0.0564. The molecule has 0 saturated heterocycles. The number of ether oxygens (including phenoxy) is 1. The minimum atomic E-state index is -0.435. The Balaban J connectivity index is 2.78. The SMILES string of the molecule is CCO[C@H]1C[C@@H](C)C([N+](=O)[O-])=C(N)N1. The molecule has 0 aromatic rings. The fraction of sp³-hybridized carbons (Fsp3) is 0.750. The Bertz CT molecular complexity index is 265. The molecule has 0 aliphatic carbocycles. The molecule has 0 unspecified atom stereocenters. The summed E-state index contributed by atoms with van der Waals surface area (Å²) in [6.45, 7) is 4.21. The number of hydrogen-bond acceptors (Lipinski definition) is 5. The van der Waals surface area contributed by atoms with E-state index >= 15 is 0 Å². The van der Waals surface area contributed by atoms with Crippen LogP contribution in [0.2, 0.25) is 0 Å². The summed E-state index contributed by atoms with van der Waals surface area (Å²) in [5.41, 5.74) is 5.59. The van der Waals surface area contributed by atoms with Gasteiger partial charge >= 0.3 is 0 Å². The molecule has 0 aromatic carbocycles. The van der Waals surface area contributed by atoms with E-state index in [-0.39, 0.29) is 23.7 Å². The number of nitrogens with two attached hydrogens (primary N) is 1. The second kappa shape index (κ2) is 4.28. The van der Waals surface area contributed by atoms with E-state index in [1.165, 1.54) is 0 Å². The third kappa shape index (κ3) is 2.14. The van der Waals surface area contributed by atoms with Gasteiger partial charge in [-0.05, 0) is 6.92 Å². The van der Waals surface area contributed by atoms with Gasteiger partial charge in [0.2, 0.25) is 0 Å². The first-order valence-electron chi connectivity index (χ1n) is 4.58. The van der Waals surface area contributed by atoms with Crippen molar-refractivity contribution in [2.75, 3.05) is 6.61 Å². The van der Waals surface area contributed by atoms with Crippen LogP contribution in [0.4, 0.5) is 0 Å². The molecule has 0 bridgehead atoms. The highest BCUT2D eigenvalue weighted by Crippen LogP contribution is 2.23. The number of rotatable bonds is 3. The summed E-state index contributed by atoms with van der Waals surface area (Å²) in [5.74, 6) is -0.0602. The van der Waals surface area contributed by atoms with E-state index in [9.17, 15) is 10.1 Å². The van der Waals surface area contributed by atoms with Gasteiger partial charge in [0.1, 0.15) is 6.23 Å². The maximum Gasteiger partial charge on any atom is 0.288 e. The van der Waals surface area contributed by atoms with Gasteiger partial charge in [0.25, 0.3) is 5.70 Å². The number of nitrogens with one attached hydrogen (secondary N) is 1. The molecule has 0 aromatic heterocycles. The second-order valence-electron chi connectivity index (χ2n) is 3.28. The molecule has 6 heteroatoms. The lowest BCUT2D eigenvalue weighted by atomic mass is 10.00. The lowest BCUT2D eigenvalue weighted by Gasteiger charge is -2.27. The number of hydrogen-bond donors (Lipinski definition) is 2. The third-order valence-electron chi connectivity index (χ3n) is 2.19.